The number of carbonyl (C=O) groups excluding carboxylic acids is 1. The quantitative estimate of drug-likeness (QED) is 0.872. The Bertz CT molecular complexity index is 539. The zero-order chi connectivity index (χ0) is 17.0. The molecule has 1 N–H and O–H groups in total. The van der Waals surface area contributed by atoms with E-state index in [0.717, 1.165) is 31.7 Å². The van der Waals surface area contributed by atoms with Crippen LogP contribution in [0, 0.1) is 19.8 Å². The number of hydrogen-bond acceptors (Lipinski definition) is 3. The molecule has 2 amide bonds. The first-order chi connectivity index (χ1) is 10.9. The number of aryl methyl sites for hydroxylation is 2. The Kier molecular flexibility index (Phi) is 6.04. The third kappa shape index (κ3) is 4.70. The number of ether oxygens (including phenoxy) is 1. The van der Waals surface area contributed by atoms with Gasteiger partial charge in [-0.25, -0.2) is 4.79 Å². The molecule has 6 nitrogen and oxygen atoms in total. The largest absolute Gasteiger partial charge is 0.376 e. The lowest BCUT2D eigenvalue weighted by Crippen LogP contribution is -2.40. The van der Waals surface area contributed by atoms with Gasteiger partial charge in [-0.05, 0) is 38.2 Å². The van der Waals surface area contributed by atoms with Crippen LogP contribution in [0.3, 0.4) is 0 Å². The minimum absolute atomic E-state index is 0.0137. The van der Waals surface area contributed by atoms with Crippen LogP contribution in [0.5, 0.6) is 0 Å². The second kappa shape index (κ2) is 7.81. The van der Waals surface area contributed by atoms with Gasteiger partial charge in [-0.15, -0.1) is 0 Å². The standard InChI is InChI=1S/C17H30N4O2/c1-12(2)11-23-15-7-9-21(10-15)17(22)18-8-6-16-13(3)19-20(5)14(16)4/h12,15H,6-11H2,1-5H3,(H,18,22)/t15-/m1/s1. The van der Waals surface area contributed by atoms with Gasteiger partial charge in [-0.3, -0.25) is 4.68 Å². The minimum Gasteiger partial charge on any atom is -0.376 e. The normalized spacial score (nSPS) is 18.0. The zero-order valence-electron chi connectivity index (χ0n) is 15.1. The highest BCUT2D eigenvalue weighted by atomic mass is 16.5. The molecule has 23 heavy (non-hydrogen) atoms. The first-order valence-corrected chi connectivity index (χ1v) is 8.52. The molecule has 1 aromatic rings. The fourth-order valence-corrected chi connectivity index (χ4v) is 2.96. The molecule has 1 saturated heterocycles. The summed E-state index contributed by atoms with van der Waals surface area (Å²) in [7, 11) is 1.95. The van der Waals surface area contributed by atoms with Crippen LogP contribution >= 0.6 is 0 Å². The van der Waals surface area contributed by atoms with Gasteiger partial charge in [0, 0.05) is 39.0 Å². The summed E-state index contributed by atoms with van der Waals surface area (Å²) >= 11 is 0. The SMILES string of the molecule is Cc1nn(C)c(C)c1CCNC(=O)N1CC[C@@H](OCC(C)C)C1. The number of hydrogen-bond donors (Lipinski definition) is 1. The third-order valence-electron chi connectivity index (χ3n) is 4.41. The van der Waals surface area contributed by atoms with Crippen molar-refractivity contribution in [2.75, 3.05) is 26.2 Å². The third-order valence-corrected chi connectivity index (χ3v) is 4.41. The number of nitrogens with zero attached hydrogens (tertiary/aromatic N) is 3. The summed E-state index contributed by atoms with van der Waals surface area (Å²) in [6.45, 7) is 11.2. The van der Waals surface area contributed by atoms with Gasteiger partial charge in [-0.1, -0.05) is 13.8 Å². The molecule has 1 aliphatic heterocycles. The fraction of sp³-hybridized carbons (Fsp3) is 0.765. The van der Waals surface area contributed by atoms with Crippen molar-refractivity contribution in [2.45, 2.75) is 46.6 Å². The van der Waals surface area contributed by atoms with Crippen LogP contribution in [0.1, 0.15) is 37.2 Å². The molecule has 0 radical (unpaired) electrons. The highest BCUT2D eigenvalue weighted by Gasteiger charge is 2.26. The van der Waals surface area contributed by atoms with Crippen molar-refractivity contribution in [1.29, 1.82) is 0 Å². The molecule has 0 bridgehead atoms. The van der Waals surface area contributed by atoms with E-state index < -0.39 is 0 Å². The molecule has 0 spiro atoms. The van der Waals surface area contributed by atoms with Crippen LogP contribution in [-0.2, 0) is 18.2 Å². The molecule has 1 aliphatic rings. The lowest BCUT2D eigenvalue weighted by Gasteiger charge is -2.18. The van der Waals surface area contributed by atoms with Crippen LogP contribution in [0.4, 0.5) is 4.79 Å². The number of rotatable bonds is 6. The van der Waals surface area contributed by atoms with Gasteiger partial charge in [0.2, 0.25) is 0 Å². The smallest absolute Gasteiger partial charge is 0.317 e. The molecule has 6 heteroatoms. The van der Waals surface area contributed by atoms with Crippen molar-refractivity contribution in [1.82, 2.24) is 20.0 Å². The summed E-state index contributed by atoms with van der Waals surface area (Å²) in [5, 5.41) is 7.42. The summed E-state index contributed by atoms with van der Waals surface area (Å²) in [5.41, 5.74) is 3.44. The van der Waals surface area contributed by atoms with Crippen molar-refractivity contribution >= 4 is 6.03 Å². The molecule has 1 atom stereocenters. The molecule has 0 saturated carbocycles. The number of likely N-dealkylation sites (tertiary alicyclic amines) is 1. The topological polar surface area (TPSA) is 59.4 Å². The summed E-state index contributed by atoms with van der Waals surface area (Å²) in [5.74, 6) is 0.531. The van der Waals surface area contributed by atoms with Gasteiger partial charge in [0.05, 0.1) is 11.8 Å². The van der Waals surface area contributed by atoms with E-state index in [0.29, 0.717) is 19.0 Å². The maximum Gasteiger partial charge on any atom is 0.317 e. The Morgan fingerprint density at radius 1 is 1.43 bits per heavy atom. The maximum absolute atomic E-state index is 12.2. The summed E-state index contributed by atoms with van der Waals surface area (Å²) < 4.78 is 7.71. The number of aromatic nitrogens is 2. The van der Waals surface area contributed by atoms with Gasteiger partial charge in [-0.2, -0.15) is 5.10 Å². The summed E-state index contributed by atoms with van der Waals surface area (Å²) in [4.78, 5) is 14.1. The molecule has 2 rings (SSSR count). The Balaban J connectivity index is 1.73. The van der Waals surface area contributed by atoms with Crippen molar-refractivity contribution in [3.8, 4) is 0 Å². The predicted molar refractivity (Wildman–Crippen MR) is 90.6 cm³/mol. The van der Waals surface area contributed by atoms with Crippen molar-refractivity contribution < 1.29 is 9.53 Å². The molecule has 1 aromatic heterocycles. The highest BCUT2D eigenvalue weighted by molar-refractivity contribution is 5.74. The molecular formula is C17H30N4O2. The molecule has 0 aliphatic carbocycles. The second-order valence-electron chi connectivity index (χ2n) is 6.84. The van der Waals surface area contributed by atoms with Gasteiger partial charge in [0.15, 0.2) is 0 Å². The predicted octanol–water partition coefficient (Wildman–Crippen LogP) is 2.04. The van der Waals surface area contributed by atoms with Crippen molar-refractivity contribution in [3.63, 3.8) is 0 Å². The Hall–Kier alpha value is -1.56. The van der Waals surface area contributed by atoms with Crippen LogP contribution in [-0.4, -0.2) is 53.1 Å². The van der Waals surface area contributed by atoms with Crippen LogP contribution < -0.4 is 5.32 Å². The molecule has 0 aromatic carbocycles. The molecule has 1 fully saturated rings. The Labute approximate surface area is 139 Å². The average molecular weight is 322 g/mol. The van der Waals surface area contributed by atoms with Gasteiger partial charge in [0.25, 0.3) is 0 Å². The minimum atomic E-state index is 0.0137. The molecule has 2 heterocycles. The molecular weight excluding hydrogens is 292 g/mol. The second-order valence-corrected chi connectivity index (χ2v) is 6.84. The first kappa shape index (κ1) is 17.8. The Morgan fingerprint density at radius 2 is 2.17 bits per heavy atom. The van der Waals surface area contributed by atoms with E-state index in [4.69, 9.17) is 4.74 Å². The highest BCUT2D eigenvalue weighted by Crippen LogP contribution is 2.14. The zero-order valence-corrected chi connectivity index (χ0v) is 15.1. The first-order valence-electron chi connectivity index (χ1n) is 8.52. The van der Waals surface area contributed by atoms with Crippen LogP contribution in [0.2, 0.25) is 0 Å². The van der Waals surface area contributed by atoms with E-state index in [-0.39, 0.29) is 12.1 Å². The maximum atomic E-state index is 12.2. The lowest BCUT2D eigenvalue weighted by atomic mass is 10.1. The van der Waals surface area contributed by atoms with E-state index in [2.05, 4.69) is 31.2 Å². The summed E-state index contributed by atoms with van der Waals surface area (Å²) in [6.07, 6.45) is 1.94. The number of urea groups is 1. The van der Waals surface area contributed by atoms with E-state index in [1.807, 2.05) is 23.6 Å². The molecule has 130 valence electrons. The number of amides is 2. The van der Waals surface area contributed by atoms with Gasteiger partial charge in [0.1, 0.15) is 0 Å². The number of carbonyl (C=O) groups is 1. The molecule has 0 unspecified atom stereocenters. The van der Waals surface area contributed by atoms with E-state index in [1.165, 1.54) is 11.3 Å². The average Bonchev–Trinajstić information content (AvgIpc) is 3.05. The van der Waals surface area contributed by atoms with E-state index in [9.17, 15) is 4.79 Å². The lowest BCUT2D eigenvalue weighted by molar-refractivity contribution is 0.0436. The summed E-state index contributed by atoms with van der Waals surface area (Å²) in [6, 6.07) is 0.0137. The van der Waals surface area contributed by atoms with E-state index in [1.54, 1.807) is 0 Å². The van der Waals surface area contributed by atoms with Crippen LogP contribution in [0.15, 0.2) is 0 Å². The van der Waals surface area contributed by atoms with Crippen molar-refractivity contribution in [3.05, 3.63) is 17.0 Å². The van der Waals surface area contributed by atoms with Gasteiger partial charge >= 0.3 is 6.03 Å². The fourth-order valence-electron chi connectivity index (χ4n) is 2.96. The van der Waals surface area contributed by atoms with Crippen molar-refractivity contribution in [2.24, 2.45) is 13.0 Å². The van der Waals surface area contributed by atoms with Crippen LogP contribution in [0.25, 0.3) is 0 Å². The Morgan fingerprint density at radius 3 is 2.78 bits per heavy atom. The monoisotopic (exact) mass is 322 g/mol. The number of nitrogens with one attached hydrogen (secondary N) is 1. The van der Waals surface area contributed by atoms with Gasteiger partial charge < -0.3 is 15.0 Å². The van der Waals surface area contributed by atoms with E-state index >= 15 is 0 Å².